The highest BCUT2D eigenvalue weighted by molar-refractivity contribution is 9.10. The first-order chi connectivity index (χ1) is 9.97. The Labute approximate surface area is 131 Å². The van der Waals surface area contributed by atoms with Gasteiger partial charge in [-0.05, 0) is 29.2 Å². The molecular formula is C13H8BrFN2O3S. The number of rotatable bonds is 2. The fraction of sp³-hybridized carbons (Fsp3) is 0.154. The third kappa shape index (κ3) is 2.44. The van der Waals surface area contributed by atoms with Gasteiger partial charge in [0.1, 0.15) is 5.82 Å². The number of anilines is 1. The monoisotopic (exact) mass is 370 g/mol. The van der Waals surface area contributed by atoms with Crippen molar-refractivity contribution < 1.29 is 19.1 Å². The van der Waals surface area contributed by atoms with Crippen LogP contribution in [0.25, 0.3) is 0 Å². The van der Waals surface area contributed by atoms with Crippen molar-refractivity contribution in [1.29, 1.82) is 0 Å². The molecule has 1 atom stereocenters. The van der Waals surface area contributed by atoms with Gasteiger partial charge in [-0.2, -0.15) is 4.37 Å². The maximum atomic E-state index is 14.1. The molecule has 0 radical (unpaired) electrons. The number of hydrogen-bond acceptors (Lipinski definition) is 4. The van der Waals surface area contributed by atoms with Crippen molar-refractivity contribution in [2.24, 2.45) is 0 Å². The maximum Gasteiger partial charge on any atom is 0.357 e. The molecule has 0 aliphatic carbocycles. The summed E-state index contributed by atoms with van der Waals surface area (Å²) in [5.41, 5.74) is 0.330. The molecule has 0 bridgehead atoms. The molecule has 108 valence electrons. The van der Waals surface area contributed by atoms with Crippen LogP contribution in [0.2, 0.25) is 0 Å². The molecule has 0 saturated carbocycles. The van der Waals surface area contributed by atoms with Gasteiger partial charge in [-0.3, -0.25) is 4.79 Å². The van der Waals surface area contributed by atoms with Gasteiger partial charge in [0.05, 0.1) is 10.6 Å². The number of carbonyl (C=O) groups excluding carboxylic acids is 1. The molecule has 5 nitrogen and oxygen atoms in total. The van der Waals surface area contributed by atoms with Crippen LogP contribution >= 0.6 is 27.5 Å². The second-order valence-corrected chi connectivity index (χ2v) is 6.27. The predicted molar refractivity (Wildman–Crippen MR) is 78.3 cm³/mol. The lowest BCUT2D eigenvalue weighted by Crippen LogP contribution is -2.24. The number of amides is 1. The highest BCUT2D eigenvalue weighted by Crippen LogP contribution is 2.42. The average Bonchev–Trinajstić information content (AvgIpc) is 2.81. The van der Waals surface area contributed by atoms with Gasteiger partial charge in [-0.15, -0.1) is 0 Å². The first-order valence-electron chi connectivity index (χ1n) is 5.95. The molecule has 1 aromatic heterocycles. The molecule has 1 aliphatic rings. The van der Waals surface area contributed by atoms with Crippen LogP contribution in [0.1, 0.15) is 33.3 Å². The summed E-state index contributed by atoms with van der Waals surface area (Å²) in [5.74, 6) is -2.53. The minimum absolute atomic E-state index is 0.0623. The Balaban J connectivity index is 2.13. The number of hydrogen-bond donors (Lipinski definition) is 2. The van der Waals surface area contributed by atoms with Crippen molar-refractivity contribution in [3.8, 4) is 0 Å². The van der Waals surface area contributed by atoms with Crippen LogP contribution in [0, 0.1) is 5.82 Å². The molecule has 0 saturated heterocycles. The predicted octanol–water partition coefficient (Wildman–Crippen LogP) is 3.22. The average molecular weight is 371 g/mol. The molecule has 1 amide bonds. The zero-order chi connectivity index (χ0) is 15.1. The summed E-state index contributed by atoms with van der Waals surface area (Å²) in [6.45, 7) is 0. The number of carbonyl (C=O) groups is 2. The quantitative estimate of drug-likeness (QED) is 0.850. The minimum atomic E-state index is -1.22. The summed E-state index contributed by atoms with van der Waals surface area (Å²) in [7, 11) is 0. The van der Waals surface area contributed by atoms with Crippen molar-refractivity contribution >= 4 is 45.0 Å². The van der Waals surface area contributed by atoms with Crippen molar-refractivity contribution in [3.05, 3.63) is 44.6 Å². The third-order valence-electron chi connectivity index (χ3n) is 3.23. The summed E-state index contributed by atoms with van der Waals surface area (Å²) in [4.78, 5) is 23.5. The second kappa shape index (κ2) is 5.19. The molecule has 21 heavy (non-hydrogen) atoms. The molecular weight excluding hydrogens is 363 g/mol. The zero-order valence-corrected chi connectivity index (χ0v) is 12.8. The van der Waals surface area contributed by atoms with E-state index in [0.717, 1.165) is 11.5 Å². The molecule has 1 aromatic carbocycles. The molecule has 2 aromatic rings. The van der Waals surface area contributed by atoms with Gasteiger partial charge in [-0.1, -0.05) is 22.0 Å². The van der Waals surface area contributed by atoms with Gasteiger partial charge in [0.15, 0.2) is 5.69 Å². The van der Waals surface area contributed by atoms with E-state index >= 15 is 0 Å². The lowest BCUT2D eigenvalue weighted by Gasteiger charge is -2.22. The first-order valence-corrected chi connectivity index (χ1v) is 7.51. The van der Waals surface area contributed by atoms with E-state index in [-0.39, 0.29) is 23.7 Å². The van der Waals surface area contributed by atoms with E-state index in [1.807, 2.05) is 0 Å². The fourth-order valence-corrected chi connectivity index (χ4v) is 3.58. The van der Waals surface area contributed by atoms with Crippen LogP contribution in [0.3, 0.4) is 0 Å². The van der Waals surface area contributed by atoms with Gasteiger partial charge >= 0.3 is 5.97 Å². The second-order valence-electron chi connectivity index (χ2n) is 4.55. The lowest BCUT2D eigenvalue weighted by atomic mass is 9.90. The number of nitrogens with zero attached hydrogens (tertiary/aromatic N) is 1. The van der Waals surface area contributed by atoms with Crippen LogP contribution in [-0.2, 0) is 4.79 Å². The fourth-order valence-electron chi connectivity index (χ4n) is 2.31. The molecule has 0 spiro atoms. The molecule has 3 rings (SSSR count). The molecule has 0 fully saturated rings. The topological polar surface area (TPSA) is 79.3 Å². The van der Waals surface area contributed by atoms with Crippen LogP contribution < -0.4 is 5.32 Å². The summed E-state index contributed by atoms with van der Waals surface area (Å²) in [6, 6.07) is 4.59. The highest BCUT2D eigenvalue weighted by Gasteiger charge is 2.34. The number of fused-ring (bicyclic) bond motifs is 1. The van der Waals surface area contributed by atoms with Crippen LogP contribution in [-0.4, -0.2) is 21.4 Å². The molecule has 1 aliphatic heterocycles. The Morgan fingerprint density at radius 1 is 1.52 bits per heavy atom. The lowest BCUT2D eigenvalue weighted by molar-refractivity contribution is -0.116. The van der Waals surface area contributed by atoms with Crippen molar-refractivity contribution in [2.75, 3.05) is 5.32 Å². The van der Waals surface area contributed by atoms with Crippen molar-refractivity contribution in [2.45, 2.75) is 12.3 Å². The number of halogens is 2. The number of aromatic carboxylic acids is 1. The van der Waals surface area contributed by atoms with E-state index in [4.69, 9.17) is 5.11 Å². The van der Waals surface area contributed by atoms with Gasteiger partial charge in [-0.25, -0.2) is 9.18 Å². The third-order valence-corrected chi connectivity index (χ3v) is 4.68. The number of carboxylic acid groups (broad SMARTS) is 1. The maximum absolute atomic E-state index is 14.1. The van der Waals surface area contributed by atoms with Crippen LogP contribution in [0.4, 0.5) is 10.1 Å². The first kappa shape index (κ1) is 14.2. The summed E-state index contributed by atoms with van der Waals surface area (Å²) >= 11 is 4.15. The van der Waals surface area contributed by atoms with Gasteiger partial charge in [0.25, 0.3) is 0 Å². The minimum Gasteiger partial charge on any atom is -0.476 e. The number of aromatic nitrogens is 1. The van der Waals surface area contributed by atoms with Crippen LogP contribution in [0.15, 0.2) is 22.7 Å². The Morgan fingerprint density at radius 2 is 2.29 bits per heavy atom. The van der Waals surface area contributed by atoms with E-state index in [9.17, 15) is 14.0 Å². The van der Waals surface area contributed by atoms with E-state index < -0.39 is 17.7 Å². The largest absolute Gasteiger partial charge is 0.476 e. The van der Waals surface area contributed by atoms with E-state index in [1.165, 1.54) is 6.07 Å². The Kier molecular flexibility index (Phi) is 3.50. The van der Waals surface area contributed by atoms with Crippen LogP contribution in [0.5, 0.6) is 0 Å². The summed E-state index contributed by atoms with van der Waals surface area (Å²) in [6.07, 6.45) is 0.0623. The highest BCUT2D eigenvalue weighted by atomic mass is 79.9. The number of benzene rings is 1. The summed E-state index contributed by atoms with van der Waals surface area (Å²) < 4.78 is 18.6. The van der Waals surface area contributed by atoms with E-state index in [1.54, 1.807) is 12.1 Å². The van der Waals surface area contributed by atoms with Gasteiger partial charge in [0.2, 0.25) is 5.91 Å². The SMILES string of the molecule is O=C1CC(c2ccc(Br)cc2F)c2snc(C(=O)O)c2N1. The van der Waals surface area contributed by atoms with Crippen molar-refractivity contribution in [3.63, 3.8) is 0 Å². The van der Waals surface area contributed by atoms with Gasteiger partial charge in [0, 0.05) is 16.8 Å². The van der Waals surface area contributed by atoms with Crippen molar-refractivity contribution in [1.82, 2.24) is 4.37 Å². The zero-order valence-electron chi connectivity index (χ0n) is 10.4. The van der Waals surface area contributed by atoms with Gasteiger partial charge < -0.3 is 10.4 Å². The number of nitrogens with one attached hydrogen (secondary N) is 1. The Morgan fingerprint density at radius 3 is 2.95 bits per heavy atom. The summed E-state index contributed by atoms with van der Waals surface area (Å²) in [5, 5.41) is 11.6. The molecule has 1 unspecified atom stereocenters. The molecule has 2 N–H and O–H groups in total. The smallest absolute Gasteiger partial charge is 0.357 e. The normalized spacial score (nSPS) is 17.2. The van der Waals surface area contributed by atoms with E-state index in [0.29, 0.717) is 14.9 Å². The molecule has 2 heterocycles. The van der Waals surface area contributed by atoms with E-state index in [2.05, 4.69) is 25.6 Å². The molecule has 8 heteroatoms. The Hall–Kier alpha value is -1.80. The standard InChI is InChI=1S/C13H8BrFN2O3S/c14-5-1-2-6(8(15)3-5)7-4-9(18)16-10-11(13(19)20)17-21-12(7)10/h1-3,7H,4H2,(H,16,18)(H,19,20). The Bertz CT molecular complexity index is 762. The number of carboxylic acids is 1.